The largest absolute Gasteiger partial charge is 0.461 e. The van der Waals surface area contributed by atoms with E-state index in [9.17, 15) is 0 Å². The molecule has 1 aromatic heterocycles. The van der Waals surface area contributed by atoms with E-state index in [1.807, 2.05) is 32.0 Å². The van der Waals surface area contributed by atoms with Gasteiger partial charge in [-0.2, -0.15) is 0 Å². The number of halogens is 1. The summed E-state index contributed by atoms with van der Waals surface area (Å²) in [5.74, 6) is 6.28. The minimum Gasteiger partial charge on any atom is -0.461 e. The van der Waals surface area contributed by atoms with Gasteiger partial charge in [-0.15, -0.1) is 12.4 Å². The van der Waals surface area contributed by atoms with Crippen molar-refractivity contribution in [1.29, 1.82) is 0 Å². The second-order valence-electron chi connectivity index (χ2n) is 3.14. The minimum atomic E-state index is 0. The van der Waals surface area contributed by atoms with Crippen molar-refractivity contribution in [2.45, 2.75) is 13.8 Å². The molecule has 0 saturated heterocycles. The second kappa shape index (κ2) is 3.90. The summed E-state index contributed by atoms with van der Waals surface area (Å²) in [6.07, 6.45) is 0. The first kappa shape index (κ1) is 10.9. The van der Waals surface area contributed by atoms with Crippen LogP contribution in [0.1, 0.15) is 11.3 Å². The predicted molar refractivity (Wildman–Crippen MR) is 60.7 cm³/mol. The normalized spacial score (nSPS) is 9.93. The molecule has 76 valence electrons. The van der Waals surface area contributed by atoms with Crippen LogP contribution in [0, 0.1) is 13.8 Å². The van der Waals surface area contributed by atoms with Gasteiger partial charge in [0.25, 0.3) is 0 Å². The van der Waals surface area contributed by atoms with Crippen molar-refractivity contribution in [2.24, 2.45) is 5.84 Å². The minimum absolute atomic E-state index is 0. The van der Waals surface area contributed by atoms with Crippen LogP contribution in [0.15, 0.2) is 22.6 Å². The monoisotopic (exact) mass is 212 g/mol. The lowest BCUT2D eigenvalue weighted by Gasteiger charge is -1.98. The van der Waals surface area contributed by atoms with E-state index in [4.69, 9.17) is 10.3 Å². The van der Waals surface area contributed by atoms with Gasteiger partial charge in [-0.05, 0) is 37.6 Å². The molecule has 0 aliphatic heterocycles. The maximum Gasteiger partial charge on any atom is 0.134 e. The lowest BCUT2D eigenvalue weighted by atomic mass is 10.1. The Kier molecular flexibility index (Phi) is 3.03. The molecule has 4 heteroatoms. The van der Waals surface area contributed by atoms with Crippen LogP contribution in [0.4, 0.5) is 5.69 Å². The average molecular weight is 213 g/mol. The number of anilines is 1. The van der Waals surface area contributed by atoms with Gasteiger partial charge in [0.2, 0.25) is 0 Å². The first-order valence-electron chi connectivity index (χ1n) is 4.18. The van der Waals surface area contributed by atoms with Crippen molar-refractivity contribution >= 4 is 29.1 Å². The number of hydrazine groups is 1. The van der Waals surface area contributed by atoms with Crippen LogP contribution in [0.5, 0.6) is 0 Å². The number of nitrogen functional groups attached to an aromatic ring is 1. The number of nitrogens with two attached hydrogens (primary N) is 1. The van der Waals surface area contributed by atoms with Crippen LogP contribution < -0.4 is 11.3 Å². The molecule has 0 fully saturated rings. The molecular weight excluding hydrogens is 200 g/mol. The van der Waals surface area contributed by atoms with E-state index in [-0.39, 0.29) is 12.4 Å². The fourth-order valence-corrected chi connectivity index (χ4v) is 1.43. The van der Waals surface area contributed by atoms with Crippen LogP contribution in [0.2, 0.25) is 0 Å². The zero-order valence-electron chi connectivity index (χ0n) is 8.13. The Labute approximate surface area is 88.7 Å². The summed E-state index contributed by atoms with van der Waals surface area (Å²) in [4.78, 5) is 0. The predicted octanol–water partition coefficient (Wildman–Crippen LogP) is 2.76. The molecule has 1 aromatic carbocycles. The summed E-state index contributed by atoms with van der Waals surface area (Å²) >= 11 is 0. The average Bonchev–Trinajstić information content (AvgIpc) is 2.43. The van der Waals surface area contributed by atoms with Gasteiger partial charge in [0.1, 0.15) is 11.3 Å². The molecule has 0 unspecified atom stereocenters. The molecule has 0 spiro atoms. The molecule has 0 bridgehead atoms. The summed E-state index contributed by atoms with van der Waals surface area (Å²) in [5.41, 5.74) is 5.60. The van der Waals surface area contributed by atoms with Gasteiger partial charge < -0.3 is 9.84 Å². The first-order chi connectivity index (χ1) is 6.22. The zero-order valence-corrected chi connectivity index (χ0v) is 8.94. The number of fused-ring (bicyclic) bond motifs is 1. The van der Waals surface area contributed by atoms with Crippen molar-refractivity contribution in [3.8, 4) is 0 Å². The molecule has 14 heavy (non-hydrogen) atoms. The van der Waals surface area contributed by atoms with Crippen molar-refractivity contribution in [3.63, 3.8) is 0 Å². The maximum atomic E-state index is 5.53. The van der Waals surface area contributed by atoms with E-state index in [0.717, 1.165) is 22.4 Å². The molecule has 0 saturated carbocycles. The summed E-state index contributed by atoms with van der Waals surface area (Å²) in [6, 6.07) is 5.80. The second-order valence-corrected chi connectivity index (χ2v) is 3.14. The molecule has 2 rings (SSSR count). The van der Waals surface area contributed by atoms with Crippen molar-refractivity contribution in [3.05, 3.63) is 29.5 Å². The molecule has 0 atom stereocenters. The van der Waals surface area contributed by atoms with Gasteiger partial charge in [0.05, 0.1) is 0 Å². The van der Waals surface area contributed by atoms with Gasteiger partial charge in [-0.3, -0.25) is 5.84 Å². The van der Waals surface area contributed by atoms with Gasteiger partial charge in [0, 0.05) is 11.1 Å². The van der Waals surface area contributed by atoms with Crippen molar-refractivity contribution in [1.82, 2.24) is 0 Å². The van der Waals surface area contributed by atoms with Crippen LogP contribution in [0.3, 0.4) is 0 Å². The van der Waals surface area contributed by atoms with E-state index < -0.39 is 0 Å². The van der Waals surface area contributed by atoms with Gasteiger partial charge in [0.15, 0.2) is 0 Å². The van der Waals surface area contributed by atoms with Gasteiger partial charge in [-0.25, -0.2) is 0 Å². The third-order valence-electron chi connectivity index (χ3n) is 2.34. The van der Waals surface area contributed by atoms with Crippen LogP contribution in [-0.4, -0.2) is 0 Å². The van der Waals surface area contributed by atoms with E-state index >= 15 is 0 Å². The third-order valence-corrected chi connectivity index (χ3v) is 2.34. The summed E-state index contributed by atoms with van der Waals surface area (Å²) < 4.78 is 5.53. The molecule has 0 amide bonds. The van der Waals surface area contributed by atoms with Crippen molar-refractivity contribution < 1.29 is 4.42 Å². The highest BCUT2D eigenvalue weighted by atomic mass is 35.5. The van der Waals surface area contributed by atoms with E-state index in [1.54, 1.807) is 0 Å². The van der Waals surface area contributed by atoms with Crippen LogP contribution in [0.25, 0.3) is 11.0 Å². The Balaban J connectivity index is 0.000000980. The molecule has 2 aromatic rings. The Morgan fingerprint density at radius 1 is 1.29 bits per heavy atom. The number of benzene rings is 1. The number of hydrogen-bond donors (Lipinski definition) is 2. The summed E-state index contributed by atoms with van der Waals surface area (Å²) in [5, 5.41) is 1.12. The Hall–Kier alpha value is -1.19. The molecule has 1 heterocycles. The lowest BCUT2D eigenvalue weighted by molar-refractivity contribution is 0.575. The Morgan fingerprint density at radius 3 is 2.64 bits per heavy atom. The third kappa shape index (κ3) is 1.56. The first-order valence-corrected chi connectivity index (χ1v) is 4.18. The van der Waals surface area contributed by atoms with Crippen LogP contribution in [-0.2, 0) is 0 Å². The maximum absolute atomic E-state index is 5.53. The molecule has 3 nitrogen and oxygen atoms in total. The highest BCUT2D eigenvalue weighted by Crippen LogP contribution is 2.26. The smallest absolute Gasteiger partial charge is 0.134 e. The lowest BCUT2D eigenvalue weighted by Crippen LogP contribution is -2.05. The van der Waals surface area contributed by atoms with E-state index in [2.05, 4.69) is 5.43 Å². The molecule has 0 aliphatic carbocycles. The summed E-state index contributed by atoms with van der Waals surface area (Å²) in [6.45, 7) is 4.01. The molecule has 3 N–H and O–H groups in total. The van der Waals surface area contributed by atoms with Gasteiger partial charge >= 0.3 is 0 Å². The highest BCUT2D eigenvalue weighted by Gasteiger charge is 2.06. The Morgan fingerprint density at radius 2 is 2.00 bits per heavy atom. The standard InChI is InChI=1S/C10H12N2O.ClH/c1-6-7(2)13-10-4-3-8(12-11)5-9(6)10;/h3-5,12H,11H2,1-2H3;1H. The zero-order chi connectivity index (χ0) is 9.42. The highest BCUT2D eigenvalue weighted by molar-refractivity contribution is 5.85. The fraction of sp³-hybridized carbons (Fsp3) is 0.200. The number of furan rings is 1. The number of rotatable bonds is 1. The van der Waals surface area contributed by atoms with E-state index in [1.165, 1.54) is 5.56 Å². The van der Waals surface area contributed by atoms with Crippen molar-refractivity contribution in [2.75, 3.05) is 5.43 Å². The summed E-state index contributed by atoms with van der Waals surface area (Å²) in [7, 11) is 0. The fourth-order valence-electron chi connectivity index (χ4n) is 1.43. The van der Waals surface area contributed by atoms with Gasteiger partial charge in [-0.1, -0.05) is 0 Å². The molecular formula is C10H13ClN2O. The van der Waals surface area contributed by atoms with E-state index in [0.29, 0.717) is 0 Å². The number of nitrogens with one attached hydrogen (secondary N) is 1. The number of hydrogen-bond acceptors (Lipinski definition) is 3. The molecule has 0 aliphatic rings. The Bertz CT molecular complexity index is 451. The molecule has 0 radical (unpaired) electrons. The quantitative estimate of drug-likeness (QED) is 0.565. The van der Waals surface area contributed by atoms with Crippen LogP contribution >= 0.6 is 12.4 Å². The topological polar surface area (TPSA) is 51.2 Å². The SMILES string of the molecule is Cc1oc2ccc(NN)cc2c1C.Cl. The number of aryl methyl sites for hydroxylation is 2.